The molecule has 2 aliphatic rings. The van der Waals surface area contributed by atoms with Crippen molar-refractivity contribution in [2.24, 2.45) is 0 Å². The molecular formula is C22H29N5O4. The highest BCUT2D eigenvalue weighted by Gasteiger charge is 2.27. The Morgan fingerprint density at radius 3 is 2.52 bits per heavy atom. The fraction of sp³-hybridized carbons (Fsp3) is 0.545. The SMILES string of the molecule is COC(=O)C(C)NC(=O)N1CCC(c2ccn3ncc(C(=O)N4CCCC4)c3c2)CC1. The number of carbonyl (C=O) groups excluding carboxylic acids is 3. The molecular weight excluding hydrogens is 398 g/mol. The number of methoxy groups -OCH3 is 1. The van der Waals surface area contributed by atoms with E-state index in [-0.39, 0.29) is 11.9 Å². The van der Waals surface area contributed by atoms with Crippen molar-refractivity contribution in [2.75, 3.05) is 33.3 Å². The minimum absolute atomic E-state index is 0.0517. The molecule has 9 nitrogen and oxygen atoms in total. The molecule has 0 aromatic carbocycles. The maximum Gasteiger partial charge on any atom is 0.328 e. The van der Waals surface area contributed by atoms with Gasteiger partial charge in [0.15, 0.2) is 0 Å². The topological polar surface area (TPSA) is 96.2 Å². The van der Waals surface area contributed by atoms with Gasteiger partial charge in [0.2, 0.25) is 0 Å². The number of hydrogen-bond donors (Lipinski definition) is 1. The number of urea groups is 1. The van der Waals surface area contributed by atoms with E-state index in [0.29, 0.717) is 24.6 Å². The van der Waals surface area contributed by atoms with Crippen LogP contribution in [0.5, 0.6) is 0 Å². The summed E-state index contributed by atoms with van der Waals surface area (Å²) in [5, 5.41) is 7.03. The largest absolute Gasteiger partial charge is 0.467 e. The van der Waals surface area contributed by atoms with Gasteiger partial charge in [-0.25, -0.2) is 14.1 Å². The molecule has 2 saturated heterocycles. The summed E-state index contributed by atoms with van der Waals surface area (Å²) < 4.78 is 6.41. The number of aromatic nitrogens is 2. The number of pyridine rings is 1. The number of esters is 1. The molecule has 0 aliphatic carbocycles. The fourth-order valence-electron chi connectivity index (χ4n) is 4.43. The van der Waals surface area contributed by atoms with Gasteiger partial charge in [0, 0.05) is 32.4 Å². The molecule has 0 radical (unpaired) electrons. The standard InChI is InChI=1S/C22H29N5O4/c1-15(21(29)31-2)24-22(30)26-10-5-16(6-11-26)17-7-12-27-19(13-17)18(14-23-27)20(28)25-8-3-4-9-25/h7,12-16H,3-6,8-11H2,1-2H3,(H,24,30). The number of rotatable bonds is 4. The van der Waals surface area contributed by atoms with Gasteiger partial charge in [-0.15, -0.1) is 0 Å². The summed E-state index contributed by atoms with van der Waals surface area (Å²) >= 11 is 0. The average molecular weight is 428 g/mol. The second kappa shape index (κ2) is 8.95. The highest BCUT2D eigenvalue weighted by atomic mass is 16.5. The summed E-state index contributed by atoms with van der Waals surface area (Å²) in [5.74, 6) is -0.107. The van der Waals surface area contributed by atoms with Gasteiger partial charge < -0.3 is 19.9 Å². The highest BCUT2D eigenvalue weighted by molar-refractivity contribution is 6.00. The van der Waals surface area contributed by atoms with Gasteiger partial charge in [-0.05, 0) is 56.2 Å². The van der Waals surface area contributed by atoms with Gasteiger partial charge >= 0.3 is 12.0 Å². The van der Waals surface area contributed by atoms with E-state index in [9.17, 15) is 14.4 Å². The summed E-state index contributed by atoms with van der Waals surface area (Å²) in [6, 6.07) is 3.19. The zero-order valence-electron chi connectivity index (χ0n) is 18.0. The molecule has 2 fully saturated rings. The van der Waals surface area contributed by atoms with E-state index < -0.39 is 12.0 Å². The Balaban J connectivity index is 1.42. The zero-order chi connectivity index (χ0) is 22.0. The molecule has 2 aromatic rings. The van der Waals surface area contributed by atoms with Crippen LogP contribution in [-0.2, 0) is 9.53 Å². The lowest BCUT2D eigenvalue weighted by molar-refractivity contribution is -0.142. The van der Waals surface area contributed by atoms with E-state index in [1.165, 1.54) is 7.11 Å². The molecule has 9 heteroatoms. The Morgan fingerprint density at radius 2 is 1.84 bits per heavy atom. The molecule has 4 rings (SSSR count). The Morgan fingerprint density at radius 1 is 1.13 bits per heavy atom. The van der Waals surface area contributed by atoms with Crippen molar-refractivity contribution in [3.05, 3.63) is 35.7 Å². The summed E-state index contributed by atoms with van der Waals surface area (Å²) in [4.78, 5) is 40.4. The average Bonchev–Trinajstić information content (AvgIpc) is 3.48. The third-order valence-electron chi connectivity index (χ3n) is 6.32. The fourth-order valence-corrected chi connectivity index (χ4v) is 4.43. The lowest BCUT2D eigenvalue weighted by Crippen LogP contribution is -2.49. The van der Waals surface area contributed by atoms with Gasteiger partial charge in [0.05, 0.1) is 24.4 Å². The van der Waals surface area contributed by atoms with Crippen LogP contribution in [0.15, 0.2) is 24.5 Å². The van der Waals surface area contributed by atoms with E-state index in [4.69, 9.17) is 0 Å². The third-order valence-corrected chi connectivity index (χ3v) is 6.32. The lowest BCUT2D eigenvalue weighted by atomic mass is 9.89. The van der Waals surface area contributed by atoms with Crippen molar-refractivity contribution in [3.63, 3.8) is 0 Å². The zero-order valence-corrected chi connectivity index (χ0v) is 18.0. The Bertz CT molecular complexity index is 973. The van der Waals surface area contributed by atoms with E-state index in [1.54, 1.807) is 22.5 Å². The van der Waals surface area contributed by atoms with Crippen LogP contribution in [0, 0.1) is 0 Å². The second-order valence-electron chi connectivity index (χ2n) is 8.30. The number of ether oxygens (including phenoxy) is 1. The van der Waals surface area contributed by atoms with E-state index in [0.717, 1.165) is 49.9 Å². The van der Waals surface area contributed by atoms with Crippen molar-refractivity contribution in [2.45, 2.75) is 44.6 Å². The van der Waals surface area contributed by atoms with Crippen LogP contribution in [0.2, 0.25) is 0 Å². The summed E-state index contributed by atoms with van der Waals surface area (Å²) in [6.45, 7) is 4.44. The van der Waals surface area contributed by atoms with Crippen molar-refractivity contribution in [1.29, 1.82) is 0 Å². The maximum absolute atomic E-state index is 12.9. The number of piperidine rings is 1. The van der Waals surface area contributed by atoms with Crippen molar-refractivity contribution in [3.8, 4) is 0 Å². The van der Waals surface area contributed by atoms with Crippen molar-refractivity contribution >= 4 is 23.4 Å². The molecule has 1 atom stereocenters. The van der Waals surface area contributed by atoms with Crippen LogP contribution < -0.4 is 5.32 Å². The first-order chi connectivity index (χ1) is 15.0. The molecule has 2 aromatic heterocycles. The van der Waals surface area contributed by atoms with Gasteiger partial charge in [-0.3, -0.25) is 4.79 Å². The molecule has 2 aliphatic heterocycles. The number of carbonyl (C=O) groups is 3. The third kappa shape index (κ3) is 4.35. The maximum atomic E-state index is 12.9. The summed E-state index contributed by atoms with van der Waals surface area (Å²) in [6.07, 6.45) is 7.32. The van der Waals surface area contributed by atoms with Crippen molar-refractivity contribution in [1.82, 2.24) is 24.7 Å². The molecule has 1 N–H and O–H groups in total. The Kier molecular flexibility index (Phi) is 6.11. The second-order valence-corrected chi connectivity index (χ2v) is 8.30. The smallest absolute Gasteiger partial charge is 0.328 e. The minimum atomic E-state index is -0.675. The van der Waals surface area contributed by atoms with Crippen LogP contribution in [0.1, 0.15) is 54.4 Å². The minimum Gasteiger partial charge on any atom is -0.467 e. The van der Waals surface area contributed by atoms with Crippen molar-refractivity contribution < 1.29 is 19.1 Å². The predicted molar refractivity (Wildman–Crippen MR) is 114 cm³/mol. The van der Waals surface area contributed by atoms with Crippen LogP contribution in [-0.4, -0.2) is 76.7 Å². The number of likely N-dealkylation sites (tertiary alicyclic amines) is 2. The highest BCUT2D eigenvalue weighted by Crippen LogP contribution is 2.29. The van der Waals surface area contributed by atoms with Gasteiger partial charge in [-0.1, -0.05) is 0 Å². The molecule has 4 heterocycles. The van der Waals surface area contributed by atoms with Gasteiger partial charge in [0.1, 0.15) is 6.04 Å². The first-order valence-electron chi connectivity index (χ1n) is 10.9. The molecule has 0 saturated carbocycles. The quantitative estimate of drug-likeness (QED) is 0.753. The molecule has 0 spiro atoms. The predicted octanol–water partition coefficient (Wildman–Crippen LogP) is 2.02. The molecule has 3 amide bonds. The molecule has 166 valence electrons. The number of fused-ring (bicyclic) bond motifs is 1. The number of nitrogens with one attached hydrogen (secondary N) is 1. The van der Waals surface area contributed by atoms with Crippen LogP contribution in [0.25, 0.3) is 5.52 Å². The first kappa shape index (κ1) is 21.1. The lowest BCUT2D eigenvalue weighted by Gasteiger charge is -2.32. The van der Waals surface area contributed by atoms with E-state index in [2.05, 4.69) is 21.2 Å². The molecule has 1 unspecified atom stereocenters. The Hall–Kier alpha value is -3.10. The molecule has 0 bridgehead atoms. The van der Waals surface area contributed by atoms with Gasteiger partial charge in [0.25, 0.3) is 5.91 Å². The monoisotopic (exact) mass is 427 g/mol. The molecule has 31 heavy (non-hydrogen) atoms. The number of hydrogen-bond acceptors (Lipinski definition) is 5. The first-order valence-corrected chi connectivity index (χ1v) is 10.9. The van der Waals surface area contributed by atoms with Crippen LogP contribution >= 0.6 is 0 Å². The van der Waals surface area contributed by atoms with Crippen LogP contribution in [0.4, 0.5) is 4.79 Å². The van der Waals surface area contributed by atoms with E-state index >= 15 is 0 Å². The number of amides is 3. The number of nitrogens with zero attached hydrogens (tertiary/aromatic N) is 4. The van der Waals surface area contributed by atoms with Crippen LogP contribution in [0.3, 0.4) is 0 Å². The Labute approximate surface area is 181 Å². The normalized spacial score (nSPS) is 18.3. The van der Waals surface area contributed by atoms with E-state index in [1.807, 2.05) is 17.2 Å². The van der Waals surface area contributed by atoms with Gasteiger partial charge in [-0.2, -0.15) is 5.10 Å². The summed E-state index contributed by atoms with van der Waals surface area (Å²) in [5.41, 5.74) is 2.64. The summed E-state index contributed by atoms with van der Waals surface area (Å²) in [7, 11) is 1.30.